The van der Waals surface area contributed by atoms with Crippen molar-refractivity contribution in [1.29, 1.82) is 0 Å². The molecule has 0 radical (unpaired) electrons. The van der Waals surface area contributed by atoms with Crippen LogP contribution in [-0.2, 0) is 6.54 Å². The highest BCUT2D eigenvalue weighted by molar-refractivity contribution is 6.33. The zero-order chi connectivity index (χ0) is 21.3. The first-order valence-corrected chi connectivity index (χ1v) is 10.6. The number of benzene rings is 1. The van der Waals surface area contributed by atoms with Crippen LogP contribution in [0.1, 0.15) is 12.6 Å². The molecule has 0 saturated carbocycles. The molecule has 3 aromatic rings. The lowest BCUT2D eigenvalue weighted by Crippen LogP contribution is -2.52. The molecule has 10 heteroatoms. The van der Waals surface area contributed by atoms with E-state index in [-0.39, 0.29) is 0 Å². The maximum atomic E-state index is 6.43. The second-order valence-corrected chi connectivity index (χ2v) is 8.16. The third kappa shape index (κ3) is 4.12. The molecule has 0 unspecified atom stereocenters. The molecule has 30 heavy (non-hydrogen) atoms. The molecule has 0 N–H and O–H groups in total. The molecule has 1 fully saturated rings. The van der Waals surface area contributed by atoms with Crippen molar-refractivity contribution in [3.63, 3.8) is 0 Å². The number of piperazine rings is 1. The lowest BCUT2D eigenvalue weighted by Gasteiger charge is -2.41. The van der Waals surface area contributed by atoms with Crippen molar-refractivity contribution >= 4 is 28.9 Å². The lowest BCUT2D eigenvalue weighted by atomic mass is 10.1. The molecule has 0 spiro atoms. The van der Waals surface area contributed by atoms with Gasteiger partial charge in [0.2, 0.25) is 12.2 Å². The van der Waals surface area contributed by atoms with E-state index in [2.05, 4.69) is 32.0 Å². The van der Waals surface area contributed by atoms with Gasteiger partial charge >= 0.3 is 0 Å². The smallest absolute Gasteiger partial charge is 0.224 e. The molecule has 160 valence electrons. The number of anilines is 1. The van der Waals surface area contributed by atoms with Crippen molar-refractivity contribution in [1.82, 2.24) is 24.8 Å². The topological polar surface area (TPSA) is 72.5 Å². The maximum absolute atomic E-state index is 6.43. The van der Waals surface area contributed by atoms with Crippen LogP contribution in [0.2, 0.25) is 10.0 Å². The fourth-order valence-electron chi connectivity index (χ4n) is 3.79. The highest BCUT2D eigenvalue weighted by atomic mass is 35.5. The van der Waals surface area contributed by atoms with E-state index in [9.17, 15) is 0 Å². The first-order valence-electron chi connectivity index (χ1n) is 9.80. The zero-order valence-corrected chi connectivity index (χ0v) is 18.7. The second kappa shape index (κ2) is 8.83. The molecule has 0 amide bonds. The van der Waals surface area contributed by atoms with Gasteiger partial charge in [-0.2, -0.15) is 10.1 Å². The van der Waals surface area contributed by atoms with Crippen molar-refractivity contribution in [3.8, 4) is 17.3 Å². The summed E-state index contributed by atoms with van der Waals surface area (Å²) in [6, 6.07) is 6.32. The van der Waals surface area contributed by atoms with E-state index >= 15 is 0 Å². The first-order chi connectivity index (χ1) is 14.5. The van der Waals surface area contributed by atoms with Crippen LogP contribution in [0.3, 0.4) is 0 Å². The van der Waals surface area contributed by atoms with Crippen molar-refractivity contribution in [2.75, 3.05) is 38.2 Å². The van der Waals surface area contributed by atoms with Crippen LogP contribution in [-0.4, -0.2) is 64.2 Å². The Morgan fingerprint density at radius 1 is 1.23 bits per heavy atom. The van der Waals surface area contributed by atoms with Gasteiger partial charge in [0.05, 0.1) is 29.4 Å². The number of hydrogen-bond acceptors (Lipinski definition) is 7. The Kier molecular flexibility index (Phi) is 6.17. The number of hydrogen-bond donors (Lipinski definition) is 0. The summed E-state index contributed by atoms with van der Waals surface area (Å²) in [5, 5.41) is 9.61. The molecule has 1 saturated heterocycles. The fourth-order valence-corrected chi connectivity index (χ4v) is 4.20. The minimum absolute atomic E-state index is 0.392. The Hall–Kier alpha value is -2.29. The SMILES string of the molecule is COc1cc(N2CCN(CCn3nc(-c4ncon4)c(Cl)c3C)[C@@H](C)C2)ccc1Cl. The number of nitrogens with zero attached hydrogens (tertiary/aromatic N) is 6. The largest absolute Gasteiger partial charge is 0.495 e. The summed E-state index contributed by atoms with van der Waals surface area (Å²) >= 11 is 12.6. The number of halogens is 2. The van der Waals surface area contributed by atoms with E-state index in [1.54, 1.807) is 7.11 Å². The van der Waals surface area contributed by atoms with Crippen LogP contribution in [0.4, 0.5) is 5.69 Å². The fraction of sp³-hybridized carbons (Fsp3) is 0.450. The molecule has 2 aromatic heterocycles. The molecule has 4 rings (SSSR count). The number of aromatic nitrogens is 4. The molecule has 1 aliphatic heterocycles. The van der Waals surface area contributed by atoms with E-state index in [0.717, 1.165) is 44.1 Å². The Morgan fingerprint density at radius 2 is 2.07 bits per heavy atom. The van der Waals surface area contributed by atoms with E-state index in [4.69, 9.17) is 32.5 Å². The van der Waals surface area contributed by atoms with Crippen molar-refractivity contribution in [3.05, 3.63) is 40.3 Å². The molecule has 3 heterocycles. The summed E-state index contributed by atoms with van der Waals surface area (Å²) in [4.78, 5) is 8.88. The monoisotopic (exact) mass is 450 g/mol. The van der Waals surface area contributed by atoms with Crippen LogP contribution >= 0.6 is 23.2 Å². The van der Waals surface area contributed by atoms with E-state index < -0.39 is 0 Å². The number of rotatable bonds is 6. The van der Waals surface area contributed by atoms with Gasteiger partial charge < -0.3 is 14.2 Å². The summed E-state index contributed by atoms with van der Waals surface area (Å²) in [6.45, 7) is 8.63. The van der Waals surface area contributed by atoms with E-state index in [1.165, 1.54) is 6.39 Å². The van der Waals surface area contributed by atoms with Crippen LogP contribution in [0.15, 0.2) is 29.1 Å². The van der Waals surface area contributed by atoms with Gasteiger partial charge in [-0.15, -0.1) is 0 Å². The minimum Gasteiger partial charge on any atom is -0.495 e. The summed E-state index contributed by atoms with van der Waals surface area (Å²) in [5.41, 5.74) is 2.58. The van der Waals surface area contributed by atoms with Gasteiger partial charge in [0.1, 0.15) is 5.75 Å². The van der Waals surface area contributed by atoms with Crippen LogP contribution in [0.5, 0.6) is 5.75 Å². The summed E-state index contributed by atoms with van der Waals surface area (Å²) in [7, 11) is 1.64. The van der Waals surface area contributed by atoms with Gasteiger partial charge in [0.15, 0.2) is 5.69 Å². The molecule has 0 bridgehead atoms. The normalized spacial score (nSPS) is 17.5. The van der Waals surface area contributed by atoms with E-state index in [0.29, 0.717) is 33.4 Å². The first kappa shape index (κ1) is 21.0. The maximum Gasteiger partial charge on any atom is 0.224 e. The van der Waals surface area contributed by atoms with Crippen LogP contribution in [0, 0.1) is 6.92 Å². The van der Waals surface area contributed by atoms with Crippen molar-refractivity contribution in [2.24, 2.45) is 0 Å². The van der Waals surface area contributed by atoms with Crippen LogP contribution in [0.25, 0.3) is 11.5 Å². The standard InChI is InChI=1S/C20H24Cl2N6O2/c1-13-11-27(15-4-5-16(21)17(10-15)29-3)7-6-26(13)8-9-28-14(2)18(22)19(24-28)20-23-12-30-25-20/h4-5,10,12-13H,6-9,11H2,1-3H3/t13-/m0/s1. The zero-order valence-electron chi connectivity index (χ0n) is 17.2. The Balaban J connectivity index is 1.39. The summed E-state index contributed by atoms with van der Waals surface area (Å²) in [6.07, 6.45) is 1.28. The second-order valence-electron chi connectivity index (χ2n) is 7.38. The number of methoxy groups -OCH3 is 1. The Bertz CT molecular complexity index is 1010. The Labute approximate surface area is 185 Å². The molecular formula is C20H24Cl2N6O2. The number of ether oxygens (including phenoxy) is 1. The summed E-state index contributed by atoms with van der Waals surface area (Å²) < 4.78 is 12.1. The molecular weight excluding hydrogens is 427 g/mol. The third-order valence-electron chi connectivity index (χ3n) is 5.57. The average Bonchev–Trinajstić information content (AvgIpc) is 3.37. The van der Waals surface area contributed by atoms with E-state index in [1.807, 2.05) is 29.8 Å². The minimum atomic E-state index is 0.392. The highest BCUT2D eigenvalue weighted by Gasteiger charge is 2.25. The van der Waals surface area contributed by atoms with Gasteiger partial charge in [-0.1, -0.05) is 28.4 Å². The van der Waals surface area contributed by atoms with Crippen molar-refractivity contribution < 1.29 is 9.26 Å². The predicted molar refractivity (Wildman–Crippen MR) is 117 cm³/mol. The lowest BCUT2D eigenvalue weighted by molar-refractivity contribution is 0.180. The van der Waals surface area contributed by atoms with Gasteiger partial charge in [-0.3, -0.25) is 9.58 Å². The molecule has 1 aliphatic rings. The van der Waals surface area contributed by atoms with Gasteiger partial charge in [0.25, 0.3) is 0 Å². The average molecular weight is 451 g/mol. The van der Waals surface area contributed by atoms with Crippen LogP contribution < -0.4 is 9.64 Å². The molecule has 1 aromatic carbocycles. The summed E-state index contributed by atoms with van der Waals surface area (Å²) in [5.74, 6) is 1.11. The van der Waals surface area contributed by atoms with Gasteiger partial charge in [-0.05, 0) is 26.0 Å². The molecule has 8 nitrogen and oxygen atoms in total. The predicted octanol–water partition coefficient (Wildman–Crippen LogP) is 3.77. The quantitative estimate of drug-likeness (QED) is 0.565. The van der Waals surface area contributed by atoms with Crippen molar-refractivity contribution in [2.45, 2.75) is 26.4 Å². The third-order valence-corrected chi connectivity index (χ3v) is 6.34. The molecule has 1 atom stereocenters. The highest BCUT2D eigenvalue weighted by Crippen LogP contribution is 2.31. The Morgan fingerprint density at radius 3 is 2.77 bits per heavy atom. The van der Waals surface area contributed by atoms with Gasteiger partial charge in [0, 0.05) is 44.0 Å². The van der Waals surface area contributed by atoms with Gasteiger partial charge in [-0.25, -0.2) is 0 Å². The molecule has 0 aliphatic carbocycles.